The van der Waals surface area contributed by atoms with Gasteiger partial charge in [-0.05, 0) is 24.0 Å². The maximum atomic E-state index is 5.92. The maximum Gasteiger partial charge on any atom is 0.130 e. The summed E-state index contributed by atoms with van der Waals surface area (Å²) in [5.74, 6) is 1.03. The van der Waals surface area contributed by atoms with Crippen LogP contribution in [0.2, 0.25) is 0 Å². The highest BCUT2D eigenvalue weighted by Gasteiger charge is 2.07. The van der Waals surface area contributed by atoms with Crippen LogP contribution in [-0.2, 0) is 19.4 Å². The largest absolute Gasteiger partial charge is 0.487 e. The van der Waals surface area contributed by atoms with Crippen molar-refractivity contribution in [2.24, 2.45) is 0 Å². The normalized spacial score (nSPS) is 10.5. The fourth-order valence-electron chi connectivity index (χ4n) is 1.89. The lowest BCUT2D eigenvalue weighted by atomic mass is 10.1. The summed E-state index contributed by atoms with van der Waals surface area (Å²) in [5.41, 5.74) is 3.53. The number of H-pyrrole nitrogens is 1. The third-order valence-corrected chi connectivity index (χ3v) is 2.87. The number of nitrogens with zero attached hydrogens (tertiary/aromatic N) is 1. The van der Waals surface area contributed by atoms with Crippen LogP contribution in [0.3, 0.4) is 0 Å². The third-order valence-electron chi connectivity index (χ3n) is 2.87. The summed E-state index contributed by atoms with van der Waals surface area (Å²) in [6, 6.07) is 6.35. The number of para-hydroxylation sites is 1. The van der Waals surface area contributed by atoms with Gasteiger partial charge in [0.2, 0.25) is 0 Å². The predicted molar refractivity (Wildman–Crippen MR) is 68.1 cm³/mol. The van der Waals surface area contributed by atoms with Crippen LogP contribution in [0.5, 0.6) is 5.75 Å². The quantitative estimate of drug-likeness (QED) is 0.857. The summed E-state index contributed by atoms with van der Waals surface area (Å²) in [7, 11) is 0. The first kappa shape index (κ1) is 11.7. The SMILES string of the molecule is CCc1cccc(CC)c1OCc1cnc[nH]1. The lowest BCUT2D eigenvalue weighted by molar-refractivity contribution is 0.296. The predicted octanol–water partition coefficient (Wildman–Crippen LogP) is 3.11. The average Bonchev–Trinajstić information content (AvgIpc) is 2.88. The van der Waals surface area contributed by atoms with E-state index >= 15 is 0 Å². The van der Waals surface area contributed by atoms with E-state index in [0.29, 0.717) is 6.61 Å². The van der Waals surface area contributed by atoms with E-state index in [1.54, 1.807) is 12.5 Å². The minimum Gasteiger partial charge on any atom is -0.487 e. The number of aryl methyl sites for hydroxylation is 2. The summed E-state index contributed by atoms with van der Waals surface area (Å²) in [5, 5.41) is 0. The van der Waals surface area contributed by atoms with Gasteiger partial charge in [-0.25, -0.2) is 4.98 Å². The average molecular weight is 230 g/mol. The second-order valence-electron chi connectivity index (χ2n) is 3.98. The lowest BCUT2D eigenvalue weighted by Crippen LogP contribution is -2.01. The van der Waals surface area contributed by atoms with Gasteiger partial charge in [0.25, 0.3) is 0 Å². The van der Waals surface area contributed by atoms with Gasteiger partial charge in [-0.2, -0.15) is 0 Å². The van der Waals surface area contributed by atoms with Crippen molar-refractivity contribution in [3.63, 3.8) is 0 Å². The Morgan fingerprint density at radius 2 is 1.88 bits per heavy atom. The van der Waals surface area contributed by atoms with E-state index < -0.39 is 0 Å². The molecule has 0 saturated carbocycles. The van der Waals surface area contributed by atoms with Gasteiger partial charge in [-0.1, -0.05) is 32.0 Å². The molecule has 1 aromatic heterocycles. The molecule has 0 aliphatic rings. The van der Waals surface area contributed by atoms with Crippen molar-refractivity contribution in [2.75, 3.05) is 0 Å². The molecule has 1 heterocycles. The van der Waals surface area contributed by atoms with Crippen LogP contribution in [-0.4, -0.2) is 9.97 Å². The van der Waals surface area contributed by atoms with E-state index in [4.69, 9.17) is 4.74 Å². The molecule has 2 aromatic rings. The lowest BCUT2D eigenvalue weighted by Gasteiger charge is -2.13. The van der Waals surface area contributed by atoms with Crippen molar-refractivity contribution < 1.29 is 4.74 Å². The smallest absolute Gasteiger partial charge is 0.130 e. The molecular weight excluding hydrogens is 212 g/mol. The van der Waals surface area contributed by atoms with E-state index in [-0.39, 0.29) is 0 Å². The van der Waals surface area contributed by atoms with Crippen LogP contribution in [0.25, 0.3) is 0 Å². The van der Waals surface area contributed by atoms with Gasteiger partial charge in [0.15, 0.2) is 0 Å². The first-order chi connectivity index (χ1) is 8.35. The zero-order valence-corrected chi connectivity index (χ0v) is 10.4. The molecule has 0 unspecified atom stereocenters. The number of hydrogen-bond donors (Lipinski definition) is 1. The highest BCUT2D eigenvalue weighted by atomic mass is 16.5. The molecule has 0 fully saturated rings. The van der Waals surface area contributed by atoms with Crippen LogP contribution in [0, 0.1) is 0 Å². The van der Waals surface area contributed by atoms with Crippen molar-refractivity contribution in [3.05, 3.63) is 47.5 Å². The van der Waals surface area contributed by atoms with Crippen LogP contribution in [0.4, 0.5) is 0 Å². The molecule has 1 N–H and O–H groups in total. The highest BCUT2D eigenvalue weighted by molar-refractivity contribution is 5.41. The molecule has 0 radical (unpaired) electrons. The van der Waals surface area contributed by atoms with Gasteiger partial charge < -0.3 is 9.72 Å². The first-order valence-electron chi connectivity index (χ1n) is 6.06. The van der Waals surface area contributed by atoms with E-state index in [1.165, 1.54) is 11.1 Å². The van der Waals surface area contributed by atoms with E-state index in [1.807, 2.05) is 0 Å². The fourth-order valence-corrected chi connectivity index (χ4v) is 1.89. The number of aromatic amines is 1. The zero-order valence-electron chi connectivity index (χ0n) is 10.4. The maximum absolute atomic E-state index is 5.92. The highest BCUT2D eigenvalue weighted by Crippen LogP contribution is 2.25. The third kappa shape index (κ3) is 2.67. The molecule has 0 amide bonds. The minimum absolute atomic E-state index is 0.546. The van der Waals surface area contributed by atoms with Gasteiger partial charge >= 0.3 is 0 Å². The van der Waals surface area contributed by atoms with Gasteiger partial charge in [-0.3, -0.25) is 0 Å². The van der Waals surface area contributed by atoms with Gasteiger partial charge in [0, 0.05) is 0 Å². The molecule has 17 heavy (non-hydrogen) atoms. The fraction of sp³-hybridized carbons (Fsp3) is 0.357. The summed E-state index contributed by atoms with van der Waals surface area (Å²) in [6.45, 7) is 4.85. The number of rotatable bonds is 5. The van der Waals surface area contributed by atoms with Crippen molar-refractivity contribution in [3.8, 4) is 5.75 Å². The van der Waals surface area contributed by atoms with E-state index in [9.17, 15) is 0 Å². The molecule has 0 saturated heterocycles. The minimum atomic E-state index is 0.546. The Labute approximate surface area is 102 Å². The van der Waals surface area contributed by atoms with Gasteiger partial charge in [0.1, 0.15) is 12.4 Å². The van der Waals surface area contributed by atoms with E-state index in [0.717, 1.165) is 24.3 Å². The van der Waals surface area contributed by atoms with Gasteiger partial charge in [-0.15, -0.1) is 0 Å². The number of hydrogen-bond acceptors (Lipinski definition) is 2. The Morgan fingerprint density at radius 1 is 1.18 bits per heavy atom. The zero-order chi connectivity index (χ0) is 12.1. The van der Waals surface area contributed by atoms with Crippen molar-refractivity contribution in [1.82, 2.24) is 9.97 Å². The van der Waals surface area contributed by atoms with Crippen LogP contribution >= 0.6 is 0 Å². The molecule has 0 atom stereocenters. The van der Waals surface area contributed by atoms with Crippen molar-refractivity contribution in [2.45, 2.75) is 33.3 Å². The molecule has 2 rings (SSSR count). The molecule has 1 aromatic carbocycles. The second kappa shape index (κ2) is 5.53. The van der Waals surface area contributed by atoms with E-state index in [2.05, 4.69) is 42.0 Å². The van der Waals surface area contributed by atoms with Crippen molar-refractivity contribution >= 4 is 0 Å². The Hall–Kier alpha value is -1.77. The topological polar surface area (TPSA) is 37.9 Å². The molecule has 0 bridgehead atoms. The summed E-state index contributed by atoms with van der Waals surface area (Å²) in [4.78, 5) is 7.03. The van der Waals surface area contributed by atoms with Crippen molar-refractivity contribution in [1.29, 1.82) is 0 Å². The summed E-state index contributed by atoms with van der Waals surface area (Å²) in [6.07, 6.45) is 5.45. The Bertz CT molecular complexity index is 441. The Balaban J connectivity index is 2.18. The number of imidazole rings is 1. The Morgan fingerprint density at radius 3 is 2.41 bits per heavy atom. The summed E-state index contributed by atoms with van der Waals surface area (Å²) < 4.78 is 5.92. The Kier molecular flexibility index (Phi) is 3.81. The molecule has 3 heteroatoms. The van der Waals surface area contributed by atoms with Crippen LogP contribution in [0.15, 0.2) is 30.7 Å². The molecule has 0 spiro atoms. The second-order valence-corrected chi connectivity index (χ2v) is 3.98. The number of aromatic nitrogens is 2. The number of ether oxygens (including phenoxy) is 1. The molecule has 3 nitrogen and oxygen atoms in total. The molecular formula is C14H18N2O. The summed E-state index contributed by atoms with van der Waals surface area (Å²) >= 11 is 0. The first-order valence-corrected chi connectivity index (χ1v) is 6.06. The standard InChI is InChI=1S/C14H18N2O/c1-3-11-6-5-7-12(4-2)14(11)17-9-13-8-15-10-16-13/h5-8,10H,3-4,9H2,1-2H3,(H,15,16). The number of nitrogens with one attached hydrogen (secondary N) is 1. The molecule has 90 valence electrons. The number of benzene rings is 1. The van der Waals surface area contributed by atoms with Crippen LogP contribution in [0.1, 0.15) is 30.7 Å². The molecule has 0 aliphatic heterocycles. The van der Waals surface area contributed by atoms with Crippen LogP contribution < -0.4 is 4.74 Å². The molecule has 0 aliphatic carbocycles. The van der Waals surface area contributed by atoms with Gasteiger partial charge in [0.05, 0.1) is 18.2 Å². The monoisotopic (exact) mass is 230 g/mol.